The molecule has 0 saturated heterocycles. The number of imidazole rings is 1. The third-order valence-electron chi connectivity index (χ3n) is 2.52. The van der Waals surface area contributed by atoms with E-state index in [1.165, 1.54) is 0 Å². The molecule has 1 unspecified atom stereocenters. The molecule has 0 aliphatic rings. The predicted octanol–water partition coefficient (Wildman–Crippen LogP) is 3.25. The Morgan fingerprint density at radius 3 is 3.00 bits per heavy atom. The summed E-state index contributed by atoms with van der Waals surface area (Å²) in [5.74, 6) is 0.845. The van der Waals surface area contributed by atoms with Crippen molar-refractivity contribution < 1.29 is 0 Å². The van der Waals surface area contributed by atoms with Gasteiger partial charge in [-0.25, -0.2) is 4.98 Å². The quantitative estimate of drug-likeness (QED) is 0.906. The highest BCUT2D eigenvalue weighted by molar-refractivity contribution is 9.10. The SMILES string of the molecule is CCC(N)c1ncc(-c2cccc(Br)c2)[nH]1. The van der Waals surface area contributed by atoms with Crippen LogP contribution in [0.4, 0.5) is 0 Å². The van der Waals surface area contributed by atoms with Gasteiger partial charge in [0.25, 0.3) is 0 Å². The fraction of sp³-hybridized carbons (Fsp3) is 0.250. The van der Waals surface area contributed by atoms with Crippen LogP contribution in [0, 0.1) is 0 Å². The van der Waals surface area contributed by atoms with Crippen LogP contribution in [0.3, 0.4) is 0 Å². The van der Waals surface area contributed by atoms with Gasteiger partial charge in [0, 0.05) is 10.0 Å². The van der Waals surface area contributed by atoms with Crippen LogP contribution in [0.1, 0.15) is 25.2 Å². The van der Waals surface area contributed by atoms with Gasteiger partial charge in [-0.05, 0) is 18.6 Å². The third-order valence-corrected chi connectivity index (χ3v) is 3.02. The summed E-state index contributed by atoms with van der Waals surface area (Å²) < 4.78 is 1.06. The van der Waals surface area contributed by atoms with E-state index in [1.807, 2.05) is 31.3 Å². The number of aromatic amines is 1. The van der Waals surface area contributed by atoms with Crippen LogP contribution in [-0.2, 0) is 0 Å². The minimum atomic E-state index is -0.0131. The number of aromatic nitrogens is 2. The molecule has 0 aliphatic heterocycles. The van der Waals surface area contributed by atoms with Crippen molar-refractivity contribution in [1.29, 1.82) is 0 Å². The summed E-state index contributed by atoms with van der Waals surface area (Å²) in [6.07, 6.45) is 2.71. The van der Waals surface area contributed by atoms with Crippen LogP contribution >= 0.6 is 15.9 Å². The Balaban J connectivity index is 2.31. The Morgan fingerprint density at radius 2 is 2.31 bits per heavy atom. The van der Waals surface area contributed by atoms with Crippen LogP contribution in [0.15, 0.2) is 34.9 Å². The normalized spacial score (nSPS) is 12.7. The zero-order valence-electron chi connectivity index (χ0n) is 9.07. The lowest BCUT2D eigenvalue weighted by atomic mass is 10.2. The van der Waals surface area contributed by atoms with Gasteiger partial charge in [0.05, 0.1) is 17.9 Å². The molecule has 1 aromatic carbocycles. The molecule has 0 radical (unpaired) electrons. The molecule has 1 atom stereocenters. The van der Waals surface area contributed by atoms with Crippen molar-refractivity contribution in [2.75, 3.05) is 0 Å². The van der Waals surface area contributed by atoms with Gasteiger partial charge in [-0.2, -0.15) is 0 Å². The lowest BCUT2D eigenvalue weighted by Gasteiger charge is -2.03. The number of hydrogen-bond acceptors (Lipinski definition) is 2. The number of hydrogen-bond donors (Lipinski definition) is 2. The number of H-pyrrole nitrogens is 1. The van der Waals surface area contributed by atoms with Crippen molar-refractivity contribution in [2.45, 2.75) is 19.4 Å². The van der Waals surface area contributed by atoms with Gasteiger partial charge in [0.15, 0.2) is 0 Å². The van der Waals surface area contributed by atoms with E-state index in [2.05, 4.69) is 32.0 Å². The average molecular weight is 280 g/mol. The third kappa shape index (κ3) is 2.33. The molecule has 3 N–H and O–H groups in total. The van der Waals surface area contributed by atoms with Crippen LogP contribution < -0.4 is 5.73 Å². The average Bonchev–Trinajstić information content (AvgIpc) is 2.77. The summed E-state index contributed by atoms with van der Waals surface area (Å²) in [4.78, 5) is 7.55. The summed E-state index contributed by atoms with van der Waals surface area (Å²) in [6.45, 7) is 2.05. The minimum absolute atomic E-state index is 0.0131. The molecule has 0 amide bonds. The first-order chi connectivity index (χ1) is 7.70. The molecule has 0 spiro atoms. The molecule has 84 valence electrons. The number of halogens is 1. The maximum Gasteiger partial charge on any atom is 0.123 e. The number of rotatable bonds is 3. The molecule has 16 heavy (non-hydrogen) atoms. The second-order valence-corrected chi connectivity index (χ2v) is 4.62. The van der Waals surface area contributed by atoms with Gasteiger partial charge in [0.1, 0.15) is 5.82 Å². The number of nitrogens with two attached hydrogens (primary N) is 1. The number of nitrogens with one attached hydrogen (secondary N) is 1. The van der Waals surface area contributed by atoms with Crippen molar-refractivity contribution in [1.82, 2.24) is 9.97 Å². The Bertz CT molecular complexity index is 479. The summed E-state index contributed by atoms with van der Waals surface area (Å²) in [5.41, 5.74) is 8.02. The second kappa shape index (κ2) is 4.80. The van der Waals surface area contributed by atoms with Crippen molar-refractivity contribution in [3.63, 3.8) is 0 Å². The highest BCUT2D eigenvalue weighted by Crippen LogP contribution is 2.22. The van der Waals surface area contributed by atoms with Gasteiger partial charge in [-0.3, -0.25) is 0 Å². The fourth-order valence-electron chi connectivity index (χ4n) is 1.52. The largest absolute Gasteiger partial charge is 0.341 e. The predicted molar refractivity (Wildman–Crippen MR) is 68.9 cm³/mol. The maximum absolute atomic E-state index is 5.91. The Hall–Kier alpha value is -1.13. The molecule has 4 heteroatoms. The maximum atomic E-state index is 5.91. The molecule has 2 rings (SSSR count). The molecular weight excluding hydrogens is 266 g/mol. The molecule has 3 nitrogen and oxygen atoms in total. The topological polar surface area (TPSA) is 54.7 Å². The Morgan fingerprint density at radius 1 is 1.50 bits per heavy atom. The first-order valence-corrected chi connectivity index (χ1v) is 6.06. The number of benzene rings is 1. The molecule has 1 heterocycles. The first-order valence-electron chi connectivity index (χ1n) is 5.27. The second-order valence-electron chi connectivity index (χ2n) is 3.71. The van der Waals surface area contributed by atoms with E-state index in [4.69, 9.17) is 5.73 Å². The molecular formula is C12H14BrN3. The van der Waals surface area contributed by atoms with Crippen LogP contribution in [0.2, 0.25) is 0 Å². The summed E-state index contributed by atoms with van der Waals surface area (Å²) >= 11 is 3.45. The Kier molecular flexibility index (Phi) is 3.41. The summed E-state index contributed by atoms with van der Waals surface area (Å²) in [6, 6.07) is 8.08. The lowest BCUT2D eigenvalue weighted by molar-refractivity contribution is 0.658. The van der Waals surface area contributed by atoms with Crippen molar-refractivity contribution in [2.24, 2.45) is 5.73 Å². The Labute approximate surface area is 103 Å². The van der Waals surface area contributed by atoms with Crippen molar-refractivity contribution in [3.05, 3.63) is 40.8 Å². The van der Waals surface area contributed by atoms with Crippen LogP contribution in [0.25, 0.3) is 11.3 Å². The molecule has 0 fully saturated rings. The van der Waals surface area contributed by atoms with E-state index in [-0.39, 0.29) is 6.04 Å². The van der Waals surface area contributed by atoms with Gasteiger partial charge in [-0.1, -0.05) is 35.0 Å². The molecule has 1 aromatic heterocycles. The van der Waals surface area contributed by atoms with Crippen molar-refractivity contribution >= 4 is 15.9 Å². The van der Waals surface area contributed by atoms with Gasteiger partial charge >= 0.3 is 0 Å². The van der Waals surface area contributed by atoms with Gasteiger partial charge in [0.2, 0.25) is 0 Å². The highest BCUT2D eigenvalue weighted by Gasteiger charge is 2.08. The molecule has 0 aliphatic carbocycles. The highest BCUT2D eigenvalue weighted by atomic mass is 79.9. The number of nitrogens with zero attached hydrogens (tertiary/aromatic N) is 1. The smallest absolute Gasteiger partial charge is 0.123 e. The minimum Gasteiger partial charge on any atom is -0.341 e. The van der Waals surface area contributed by atoms with E-state index in [0.717, 1.165) is 28.0 Å². The monoisotopic (exact) mass is 279 g/mol. The molecule has 0 saturated carbocycles. The molecule has 2 aromatic rings. The van der Waals surface area contributed by atoms with Gasteiger partial charge in [-0.15, -0.1) is 0 Å². The molecule has 0 bridgehead atoms. The summed E-state index contributed by atoms with van der Waals surface area (Å²) in [5, 5.41) is 0. The zero-order valence-corrected chi connectivity index (χ0v) is 10.7. The van der Waals surface area contributed by atoms with Crippen LogP contribution in [0.5, 0.6) is 0 Å². The van der Waals surface area contributed by atoms with E-state index in [9.17, 15) is 0 Å². The first kappa shape index (κ1) is 11.4. The van der Waals surface area contributed by atoms with Crippen LogP contribution in [-0.4, -0.2) is 9.97 Å². The van der Waals surface area contributed by atoms with E-state index in [0.29, 0.717) is 0 Å². The van der Waals surface area contributed by atoms with Gasteiger partial charge < -0.3 is 10.7 Å². The summed E-state index contributed by atoms with van der Waals surface area (Å²) in [7, 11) is 0. The fourth-order valence-corrected chi connectivity index (χ4v) is 1.92. The van der Waals surface area contributed by atoms with E-state index < -0.39 is 0 Å². The van der Waals surface area contributed by atoms with E-state index >= 15 is 0 Å². The van der Waals surface area contributed by atoms with Crippen molar-refractivity contribution in [3.8, 4) is 11.3 Å². The zero-order chi connectivity index (χ0) is 11.5. The lowest BCUT2D eigenvalue weighted by Crippen LogP contribution is -2.10. The standard InChI is InChI=1S/C12H14BrN3/c1-2-10(14)12-15-7-11(16-12)8-4-3-5-9(13)6-8/h3-7,10H,2,14H2,1H3,(H,15,16). The van der Waals surface area contributed by atoms with E-state index in [1.54, 1.807) is 0 Å².